The third-order valence-corrected chi connectivity index (χ3v) is 7.39. The van der Waals surface area contributed by atoms with Crippen LogP contribution in [0, 0.1) is 5.92 Å². The van der Waals surface area contributed by atoms with Crippen LogP contribution in [0.1, 0.15) is 104 Å². The maximum atomic E-state index is 11.4. The lowest BCUT2D eigenvalue weighted by Gasteiger charge is -2.47. The maximum absolute atomic E-state index is 11.4. The van der Waals surface area contributed by atoms with Crippen LogP contribution in [0.25, 0.3) is 0 Å². The van der Waals surface area contributed by atoms with E-state index in [1.165, 1.54) is 31.3 Å². The number of phenolic OH excluding ortho intramolecular Hbond substituents is 1. The molecule has 4 heteroatoms. The number of amides is 1. The molecule has 0 fully saturated rings. The van der Waals surface area contributed by atoms with Gasteiger partial charge in [-0.25, -0.2) is 0 Å². The highest BCUT2D eigenvalue weighted by molar-refractivity contribution is 5.73. The van der Waals surface area contributed by atoms with Crippen molar-refractivity contribution >= 4 is 5.91 Å². The minimum absolute atomic E-state index is 0.00631. The van der Waals surface area contributed by atoms with Crippen molar-refractivity contribution in [2.24, 2.45) is 5.92 Å². The maximum Gasteiger partial charge on any atom is 0.217 e. The molecule has 1 aromatic rings. The number of nitrogens with one attached hydrogen (secondary N) is 1. The molecule has 3 rings (SSSR count). The zero-order chi connectivity index (χ0) is 22.8. The van der Waals surface area contributed by atoms with E-state index in [9.17, 15) is 9.90 Å². The molecule has 2 aliphatic rings. The van der Waals surface area contributed by atoms with Crippen LogP contribution >= 0.6 is 0 Å². The molecule has 0 aromatic heterocycles. The molecule has 0 spiro atoms. The summed E-state index contributed by atoms with van der Waals surface area (Å²) >= 11 is 0. The van der Waals surface area contributed by atoms with Gasteiger partial charge >= 0.3 is 0 Å². The van der Waals surface area contributed by atoms with Crippen molar-refractivity contribution in [2.45, 2.75) is 103 Å². The highest BCUT2D eigenvalue weighted by Crippen LogP contribution is 2.55. The molecule has 1 aliphatic carbocycles. The molecule has 1 heterocycles. The average Bonchev–Trinajstić information content (AvgIpc) is 2.68. The number of fused-ring (bicyclic) bond motifs is 3. The molecule has 1 amide bonds. The number of aromatic hydroxyl groups is 1. The standard InChI is InChI=1S/C27H41NO3/c1-7-8-9-10-13-26(3,4)20-15-23(30)25-21-14-19(17-28-18(2)29)11-12-22(21)27(5,6)31-24(25)16-20/h11,15-16,21-22,30H,7-10,12-14,17H2,1-6H3,(H,28,29)/t21?,22-/m0/s1. The Morgan fingerprint density at radius 3 is 2.68 bits per heavy atom. The number of carbonyl (C=O) groups is 1. The molecule has 2 N–H and O–H groups in total. The zero-order valence-corrected chi connectivity index (χ0v) is 20.3. The highest BCUT2D eigenvalue weighted by atomic mass is 16.5. The van der Waals surface area contributed by atoms with Crippen LogP contribution in [0.2, 0.25) is 0 Å². The molecular weight excluding hydrogens is 386 g/mol. The van der Waals surface area contributed by atoms with E-state index < -0.39 is 0 Å². The first kappa shape index (κ1) is 23.7. The second kappa shape index (κ2) is 9.26. The van der Waals surface area contributed by atoms with Gasteiger partial charge in [-0.15, -0.1) is 0 Å². The minimum Gasteiger partial charge on any atom is -0.508 e. The largest absolute Gasteiger partial charge is 0.508 e. The number of benzene rings is 1. The molecule has 1 aliphatic heterocycles. The molecule has 4 nitrogen and oxygen atoms in total. The summed E-state index contributed by atoms with van der Waals surface area (Å²) < 4.78 is 6.52. The monoisotopic (exact) mass is 427 g/mol. The summed E-state index contributed by atoms with van der Waals surface area (Å²) in [7, 11) is 0. The molecule has 1 unspecified atom stereocenters. The lowest BCUT2D eigenvalue weighted by molar-refractivity contribution is -0.118. The Bertz CT molecular complexity index is 837. The average molecular weight is 428 g/mol. The van der Waals surface area contributed by atoms with Gasteiger partial charge in [0.25, 0.3) is 0 Å². The van der Waals surface area contributed by atoms with Gasteiger partial charge in [0.1, 0.15) is 17.1 Å². The molecule has 0 radical (unpaired) electrons. The van der Waals surface area contributed by atoms with Gasteiger partial charge in [-0.3, -0.25) is 4.79 Å². The van der Waals surface area contributed by atoms with Crippen molar-refractivity contribution in [1.29, 1.82) is 0 Å². The molecule has 172 valence electrons. The first-order valence-corrected chi connectivity index (χ1v) is 12.0. The van der Waals surface area contributed by atoms with Gasteiger partial charge in [-0.05, 0) is 56.2 Å². The lowest BCUT2D eigenvalue weighted by atomic mass is 9.66. The second-order valence-corrected chi connectivity index (χ2v) is 10.7. The summed E-state index contributed by atoms with van der Waals surface area (Å²) in [6, 6.07) is 4.15. The van der Waals surface area contributed by atoms with E-state index in [0.29, 0.717) is 18.2 Å². The van der Waals surface area contributed by atoms with Gasteiger partial charge in [-0.1, -0.05) is 58.1 Å². The molecule has 31 heavy (non-hydrogen) atoms. The third-order valence-electron chi connectivity index (χ3n) is 7.39. The fourth-order valence-corrected chi connectivity index (χ4v) is 5.38. The van der Waals surface area contributed by atoms with Crippen molar-refractivity contribution in [3.05, 3.63) is 34.9 Å². The smallest absolute Gasteiger partial charge is 0.217 e. The van der Waals surface area contributed by atoms with E-state index in [1.54, 1.807) is 6.92 Å². The quantitative estimate of drug-likeness (QED) is 0.374. The van der Waals surface area contributed by atoms with Crippen molar-refractivity contribution < 1.29 is 14.6 Å². The van der Waals surface area contributed by atoms with Crippen LogP contribution in [-0.4, -0.2) is 23.2 Å². The van der Waals surface area contributed by atoms with E-state index in [4.69, 9.17) is 4.74 Å². The summed E-state index contributed by atoms with van der Waals surface area (Å²) in [4.78, 5) is 11.4. The van der Waals surface area contributed by atoms with Gasteiger partial charge in [-0.2, -0.15) is 0 Å². The Kier molecular flexibility index (Phi) is 7.08. The number of hydrogen-bond acceptors (Lipinski definition) is 3. The zero-order valence-electron chi connectivity index (χ0n) is 20.3. The van der Waals surface area contributed by atoms with Crippen LogP contribution in [0.5, 0.6) is 11.5 Å². The number of allylic oxidation sites excluding steroid dienone is 1. The van der Waals surface area contributed by atoms with Crippen molar-refractivity contribution in [1.82, 2.24) is 5.32 Å². The summed E-state index contributed by atoms with van der Waals surface area (Å²) in [6.45, 7) is 13.2. The molecule has 0 saturated heterocycles. The van der Waals surface area contributed by atoms with Crippen molar-refractivity contribution in [3.63, 3.8) is 0 Å². The fourth-order valence-electron chi connectivity index (χ4n) is 5.38. The lowest BCUT2D eigenvalue weighted by Crippen LogP contribution is -2.46. The topological polar surface area (TPSA) is 58.6 Å². The van der Waals surface area contributed by atoms with E-state index >= 15 is 0 Å². The highest BCUT2D eigenvalue weighted by Gasteiger charge is 2.46. The van der Waals surface area contributed by atoms with Crippen LogP contribution in [0.4, 0.5) is 0 Å². The normalized spacial score (nSPS) is 22.1. The Morgan fingerprint density at radius 1 is 1.26 bits per heavy atom. The molecule has 1 aromatic carbocycles. The van der Waals surface area contributed by atoms with E-state index in [0.717, 1.165) is 36.1 Å². The van der Waals surface area contributed by atoms with E-state index in [-0.39, 0.29) is 22.8 Å². The third kappa shape index (κ3) is 5.27. The Labute approximate surface area is 188 Å². The number of ether oxygens (including phenoxy) is 1. The predicted octanol–water partition coefficient (Wildman–Crippen LogP) is 6.37. The van der Waals surface area contributed by atoms with Gasteiger partial charge in [0.05, 0.1) is 0 Å². The van der Waals surface area contributed by atoms with Gasteiger partial charge in [0.2, 0.25) is 5.91 Å². The van der Waals surface area contributed by atoms with Crippen LogP contribution < -0.4 is 10.1 Å². The summed E-state index contributed by atoms with van der Waals surface area (Å²) in [5, 5.41) is 14.1. The summed E-state index contributed by atoms with van der Waals surface area (Å²) in [6.07, 6.45) is 10.1. The Morgan fingerprint density at radius 2 is 2.00 bits per heavy atom. The summed E-state index contributed by atoms with van der Waals surface area (Å²) in [5.41, 5.74) is 3.03. The molecule has 0 bridgehead atoms. The summed E-state index contributed by atoms with van der Waals surface area (Å²) in [5.74, 6) is 1.70. The number of carbonyl (C=O) groups excluding carboxylic acids is 1. The Hall–Kier alpha value is -1.97. The fraction of sp³-hybridized carbons (Fsp3) is 0.667. The minimum atomic E-state index is -0.302. The predicted molar refractivity (Wildman–Crippen MR) is 127 cm³/mol. The van der Waals surface area contributed by atoms with E-state index in [2.05, 4.69) is 52.1 Å². The van der Waals surface area contributed by atoms with Crippen molar-refractivity contribution in [3.8, 4) is 11.5 Å². The van der Waals surface area contributed by atoms with Crippen LogP contribution in [-0.2, 0) is 10.2 Å². The number of phenols is 1. The SMILES string of the molecule is CCCCCCC(C)(C)c1cc(O)c2c(c1)OC(C)(C)[C@H]1CC=C(CNC(C)=O)CC21. The first-order chi connectivity index (χ1) is 14.5. The van der Waals surface area contributed by atoms with Crippen LogP contribution in [0.3, 0.4) is 0 Å². The first-order valence-electron chi connectivity index (χ1n) is 12.0. The van der Waals surface area contributed by atoms with Crippen molar-refractivity contribution in [2.75, 3.05) is 6.54 Å². The van der Waals surface area contributed by atoms with Gasteiger partial charge in [0, 0.05) is 30.9 Å². The van der Waals surface area contributed by atoms with Crippen LogP contribution in [0.15, 0.2) is 23.8 Å². The number of rotatable bonds is 8. The second-order valence-electron chi connectivity index (χ2n) is 10.7. The molecular formula is C27H41NO3. The van der Waals surface area contributed by atoms with E-state index in [1.807, 2.05) is 6.07 Å². The molecule has 0 saturated carbocycles. The number of hydrogen-bond donors (Lipinski definition) is 2. The number of unbranched alkanes of at least 4 members (excludes halogenated alkanes) is 3. The molecule has 2 atom stereocenters. The van der Waals surface area contributed by atoms with Gasteiger partial charge in [0.15, 0.2) is 0 Å². The van der Waals surface area contributed by atoms with Gasteiger partial charge < -0.3 is 15.2 Å². The Balaban J connectivity index is 1.89.